The first kappa shape index (κ1) is 18.0. The first-order chi connectivity index (χ1) is 13.6. The van der Waals surface area contributed by atoms with Crippen LogP contribution in [0.15, 0.2) is 53.3 Å². The Bertz CT molecular complexity index is 963. The molecule has 7 heteroatoms. The number of amides is 1. The molecule has 0 radical (unpaired) electrons. The van der Waals surface area contributed by atoms with Crippen molar-refractivity contribution in [1.82, 2.24) is 14.9 Å². The number of anilines is 3. The molecule has 3 heterocycles. The van der Waals surface area contributed by atoms with Crippen LogP contribution in [-0.4, -0.2) is 47.0 Å². The van der Waals surface area contributed by atoms with Crippen LogP contribution in [-0.2, 0) is 0 Å². The molecule has 3 aromatic rings. The zero-order chi connectivity index (χ0) is 19.5. The highest BCUT2D eigenvalue weighted by molar-refractivity contribution is 5.91. The van der Waals surface area contributed by atoms with E-state index >= 15 is 0 Å². The molecular weight excluding hydrogens is 354 g/mol. The fourth-order valence-electron chi connectivity index (χ4n) is 3.27. The Balaban J connectivity index is 1.42. The number of carbonyl (C=O) groups excluding carboxylic acids is 1. The minimum Gasteiger partial charge on any atom is -0.459 e. The molecular formula is C21H23N5O2. The molecule has 2 aromatic heterocycles. The Kier molecular flexibility index (Phi) is 4.97. The number of rotatable bonds is 4. The highest BCUT2D eigenvalue weighted by Gasteiger charge is 2.24. The van der Waals surface area contributed by atoms with Crippen LogP contribution in [0.1, 0.15) is 21.7 Å². The lowest BCUT2D eigenvalue weighted by Gasteiger charge is -2.35. The van der Waals surface area contributed by atoms with Crippen LogP contribution in [0.2, 0.25) is 0 Å². The minimum absolute atomic E-state index is 0.0652. The molecule has 0 aliphatic carbocycles. The van der Waals surface area contributed by atoms with E-state index in [1.807, 2.05) is 11.0 Å². The smallest absolute Gasteiger partial charge is 0.289 e. The van der Waals surface area contributed by atoms with Gasteiger partial charge in [0.1, 0.15) is 5.82 Å². The second-order valence-corrected chi connectivity index (χ2v) is 6.94. The first-order valence-corrected chi connectivity index (χ1v) is 9.35. The summed E-state index contributed by atoms with van der Waals surface area (Å²) in [6, 6.07) is 11.6. The van der Waals surface area contributed by atoms with E-state index in [4.69, 9.17) is 4.42 Å². The van der Waals surface area contributed by atoms with Gasteiger partial charge in [-0.05, 0) is 49.2 Å². The molecule has 0 saturated carbocycles. The summed E-state index contributed by atoms with van der Waals surface area (Å²) in [6.07, 6.45) is 3.28. The van der Waals surface area contributed by atoms with Gasteiger partial charge in [0, 0.05) is 38.1 Å². The highest BCUT2D eigenvalue weighted by Crippen LogP contribution is 2.22. The van der Waals surface area contributed by atoms with Crippen LogP contribution in [0.3, 0.4) is 0 Å². The second-order valence-electron chi connectivity index (χ2n) is 6.94. The third-order valence-electron chi connectivity index (χ3n) is 4.90. The quantitative estimate of drug-likeness (QED) is 0.751. The average molecular weight is 377 g/mol. The summed E-state index contributed by atoms with van der Waals surface area (Å²) >= 11 is 0. The van der Waals surface area contributed by atoms with Gasteiger partial charge < -0.3 is 19.5 Å². The zero-order valence-corrected chi connectivity index (χ0v) is 16.1. The van der Waals surface area contributed by atoms with E-state index in [9.17, 15) is 4.79 Å². The number of hydrogen-bond acceptors (Lipinski definition) is 6. The third kappa shape index (κ3) is 3.83. The predicted molar refractivity (Wildman–Crippen MR) is 108 cm³/mol. The molecule has 1 aromatic carbocycles. The standard InChI is InChI=1S/C21H23N5O2/c1-15-5-6-16(2)17(14-15)23-21-22-8-7-19(24-21)25-9-11-26(12-10-25)20(27)18-4-3-13-28-18/h3-8,13-14H,9-12H2,1-2H3,(H,22,23,24). The third-order valence-corrected chi connectivity index (χ3v) is 4.90. The molecule has 1 aliphatic heterocycles. The summed E-state index contributed by atoms with van der Waals surface area (Å²) in [7, 11) is 0. The minimum atomic E-state index is -0.0652. The molecule has 1 aliphatic rings. The van der Waals surface area contributed by atoms with Crippen molar-refractivity contribution in [2.75, 3.05) is 36.4 Å². The maximum absolute atomic E-state index is 12.4. The van der Waals surface area contributed by atoms with Crippen molar-refractivity contribution in [2.45, 2.75) is 13.8 Å². The lowest BCUT2D eigenvalue weighted by Crippen LogP contribution is -2.49. The van der Waals surface area contributed by atoms with Gasteiger partial charge in [0.05, 0.1) is 6.26 Å². The number of nitrogens with zero attached hydrogens (tertiary/aromatic N) is 4. The molecule has 28 heavy (non-hydrogen) atoms. The molecule has 144 valence electrons. The summed E-state index contributed by atoms with van der Waals surface area (Å²) < 4.78 is 5.22. The molecule has 1 N–H and O–H groups in total. The number of aromatic nitrogens is 2. The Morgan fingerprint density at radius 3 is 2.68 bits per heavy atom. The summed E-state index contributed by atoms with van der Waals surface area (Å²) in [5.41, 5.74) is 3.33. The van der Waals surface area contributed by atoms with Crippen LogP contribution >= 0.6 is 0 Å². The summed E-state index contributed by atoms with van der Waals surface area (Å²) in [5.74, 6) is 1.74. The number of nitrogens with one attached hydrogen (secondary N) is 1. The highest BCUT2D eigenvalue weighted by atomic mass is 16.3. The van der Waals surface area contributed by atoms with E-state index in [0.717, 1.165) is 17.1 Å². The van der Waals surface area contributed by atoms with Gasteiger partial charge in [0.25, 0.3) is 5.91 Å². The van der Waals surface area contributed by atoms with E-state index in [1.165, 1.54) is 11.8 Å². The predicted octanol–water partition coefficient (Wildman–Crippen LogP) is 3.39. The Morgan fingerprint density at radius 1 is 1.11 bits per heavy atom. The van der Waals surface area contributed by atoms with Gasteiger partial charge in [0.2, 0.25) is 5.95 Å². The number of carbonyl (C=O) groups is 1. The van der Waals surface area contributed by atoms with Gasteiger partial charge in [-0.1, -0.05) is 12.1 Å². The van der Waals surface area contributed by atoms with E-state index in [-0.39, 0.29) is 5.91 Å². The van der Waals surface area contributed by atoms with E-state index < -0.39 is 0 Å². The van der Waals surface area contributed by atoms with Crippen molar-refractivity contribution in [1.29, 1.82) is 0 Å². The van der Waals surface area contributed by atoms with Crippen molar-refractivity contribution >= 4 is 23.4 Å². The topological polar surface area (TPSA) is 74.5 Å². The molecule has 0 atom stereocenters. The molecule has 0 unspecified atom stereocenters. The molecule has 0 spiro atoms. The van der Waals surface area contributed by atoms with Gasteiger partial charge in [0.15, 0.2) is 5.76 Å². The second kappa shape index (κ2) is 7.72. The Labute approximate surface area is 164 Å². The molecule has 1 fully saturated rings. The lowest BCUT2D eigenvalue weighted by molar-refractivity contribution is 0.0714. The van der Waals surface area contributed by atoms with Crippen LogP contribution < -0.4 is 10.2 Å². The van der Waals surface area contributed by atoms with Gasteiger partial charge >= 0.3 is 0 Å². The number of aryl methyl sites for hydroxylation is 2. The van der Waals surface area contributed by atoms with Crippen molar-refractivity contribution in [3.8, 4) is 0 Å². The van der Waals surface area contributed by atoms with Gasteiger partial charge in [-0.2, -0.15) is 4.98 Å². The Hall–Kier alpha value is -3.35. The summed E-state index contributed by atoms with van der Waals surface area (Å²) in [5, 5.41) is 3.31. The number of hydrogen-bond donors (Lipinski definition) is 1. The fraction of sp³-hybridized carbons (Fsp3) is 0.286. The van der Waals surface area contributed by atoms with E-state index in [0.29, 0.717) is 37.9 Å². The SMILES string of the molecule is Cc1ccc(C)c(Nc2nccc(N3CCN(C(=O)c4ccco4)CC3)n2)c1. The normalized spacial score (nSPS) is 14.2. The largest absolute Gasteiger partial charge is 0.459 e. The van der Waals surface area contributed by atoms with E-state index in [1.54, 1.807) is 18.3 Å². The van der Waals surface area contributed by atoms with Crippen LogP contribution in [0.25, 0.3) is 0 Å². The maximum Gasteiger partial charge on any atom is 0.289 e. The Morgan fingerprint density at radius 2 is 1.93 bits per heavy atom. The monoisotopic (exact) mass is 377 g/mol. The van der Waals surface area contributed by atoms with Gasteiger partial charge in [-0.3, -0.25) is 4.79 Å². The maximum atomic E-state index is 12.4. The summed E-state index contributed by atoms with van der Waals surface area (Å²) in [6.45, 7) is 6.80. The van der Waals surface area contributed by atoms with Crippen molar-refractivity contribution in [3.05, 3.63) is 65.7 Å². The van der Waals surface area contributed by atoms with Crippen molar-refractivity contribution in [2.24, 2.45) is 0 Å². The zero-order valence-electron chi connectivity index (χ0n) is 16.1. The molecule has 0 bridgehead atoms. The summed E-state index contributed by atoms with van der Waals surface area (Å²) in [4.78, 5) is 25.4. The first-order valence-electron chi connectivity index (χ1n) is 9.35. The molecule has 1 saturated heterocycles. The van der Waals surface area contributed by atoms with E-state index in [2.05, 4.69) is 52.2 Å². The fourth-order valence-corrected chi connectivity index (χ4v) is 3.27. The number of piperazine rings is 1. The van der Waals surface area contributed by atoms with Gasteiger partial charge in [-0.15, -0.1) is 0 Å². The van der Waals surface area contributed by atoms with Crippen LogP contribution in [0.5, 0.6) is 0 Å². The number of furan rings is 1. The molecule has 4 rings (SSSR count). The molecule has 1 amide bonds. The number of benzene rings is 1. The van der Waals surface area contributed by atoms with Crippen molar-refractivity contribution < 1.29 is 9.21 Å². The van der Waals surface area contributed by atoms with Crippen LogP contribution in [0.4, 0.5) is 17.5 Å². The molecule has 7 nitrogen and oxygen atoms in total. The van der Waals surface area contributed by atoms with Crippen molar-refractivity contribution in [3.63, 3.8) is 0 Å². The van der Waals surface area contributed by atoms with Crippen LogP contribution in [0, 0.1) is 13.8 Å². The lowest BCUT2D eigenvalue weighted by atomic mass is 10.1. The average Bonchev–Trinajstić information content (AvgIpc) is 3.25. The van der Waals surface area contributed by atoms with Gasteiger partial charge in [-0.25, -0.2) is 4.98 Å².